The number of carbonyl (C=O) groups excluding carboxylic acids is 2. The van der Waals surface area contributed by atoms with Gasteiger partial charge in [0.05, 0.1) is 17.1 Å². The second kappa shape index (κ2) is 10.7. The zero-order valence-electron chi connectivity index (χ0n) is 20.9. The van der Waals surface area contributed by atoms with Crippen molar-refractivity contribution in [1.82, 2.24) is 4.57 Å². The summed E-state index contributed by atoms with van der Waals surface area (Å²) in [6, 6.07) is 23.2. The third-order valence-electron chi connectivity index (χ3n) is 6.24. The maximum Gasteiger partial charge on any atom is 0.270 e. The summed E-state index contributed by atoms with van der Waals surface area (Å²) < 4.78 is 29.4. The zero-order valence-corrected chi connectivity index (χ0v) is 20.9. The van der Waals surface area contributed by atoms with Crippen LogP contribution in [0.15, 0.2) is 90.2 Å². The van der Waals surface area contributed by atoms with Gasteiger partial charge in [0, 0.05) is 36.6 Å². The van der Waals surface area contributed by atoms with Crippen molar-refractivity contribution in [3.8, 4) is 0 Å². The Morgan fingerprint density at radius 3 is 2.54 bits per heavy atom. The lowest BCUT2D eigenvalue weighted by Gasteiger charge is -2.17. The van der Waals surface area contributed by atoms with Crippen LogP contribution in [0, 0.1) is 5.92 Å². The summed E-state index contributed by atoms with van der Waals surface area (Å²) in [5, 5.41) is 9.25. The second-order valence-corrected chi connectivity index (χ2v) is 9.04. The van der Waals surface area contributed by atoms with Gasteiger partial charge in [0.15, 0.2) is 0 Å². The molecule has 190 valence electrons. The largest absolute Gasteiger partial charge is 0.343 e. The van der Waals surface area contributed by atoms with Gasteiger partial charge in [-0.3, -0.25) is 9.59 Å². The molecule has 0 fully saturated rings. The molecule has 1 aromatic heterocycles. The molecule has 0 saturated carbocycles. The van der Waals surface area contributed by atoms with E-state index in [9.17, 15) is 18.4 Å². The molecule has 0 aliphatic heterocycles. The Hall–Kier alpha value is -4.33. The van der Waals surface area contributed by atoms with Gasteiger partial charge in [-0.2, -0.15) is 5.10 Å². The summed E-state index contributed by atoms with van der Waals surface area (Å²) in [6.07, 6.45) is 2.59. The van der Waals surface area contributed by atoms with Crippen LogP contribution in [0.1, 0.15) is 31.9 Å². The number of halogens is 2. The number of amides is 2. The van der Waals surface area contributed by atoms with Crippen molar-refractivity contribution in [1.29, 1.82) is 0 Å². The molecule has 1 unspecified atom stereocenters. The first-order valence-electron chi connectivity index (χ1n) is 11.9. The quantitative estimate of drug-likeness (QED) is 0.163. The average Bonchev–Trinajstić information content (AvgIpc) is 3.28. The van der Waals surface area contributed by atoms with Crippen molar-refractivity contribution in [2.24, 2.45) is 11.0 Å². The first-order valence-corrected chi connectivity index (χ1v) is 11.9. The number of rotatable bonds is 9. The number of anilines is 2. The molecule has 37 heavy (non-hydrogen) atoms. The standard InChI is InChI=1S/C29H28F2N4O2/c1-20(28(37)32-25-11-7-10-24(16-25)29(3,30)31)21(2)33-35(19-36)26-13-12-23-14-15-34(27(23)17-26)18-22-8-5-4-6-9-22/h4-17,19-20H,18H2,1-3H3,(H,32,37)/b33-21-. The molecule has 1 heterocycles. The zero-order chi connectivity index (χ0) is 26.6. The molecule has 0 bridgehead atoms. The van der Waals surface area contributed by atoms with Gasteiger partial charge in [-0.05, 0) is 55.1 Å². The molecule has 0 aliphatic carbocycles. The second-order valence-electron chi connectivity index (χ2n) is 9.04. The Kier molecular flexibility index (Phi) is 7.47. The van der Waals surface area contributed by atoms with E-state index in [1.807, 2.05) is 42.6 Å². The summed E-state index contributed by atoms with van der Waals surface area (Å²) in [4.78, 5) is 24.7. The number of benzene rings is 3. The van der Waals surface area contributed by atoms with E-state index in [1.54, 1.807) is 26.0 Å². The van der Waals surface area contributed by atoms with E-state index in [1.165, 1.54) is 23.2 Å². The average molecular weight is 503 g/mol. The minimum absolute atomic E-state index is 0.192. The highest BCUT2D eigenvalue weighted by Gasteiger charge is 2.25. The Bertz CT molecular complexity index is 1440. The monoisotopic (exact) mass is 502 g/mol. The molecule has 4 rings (SSSR count). The number of fused-ring (bicyclic) bond motifs is 1. The predicted octanol–water partition coefficient (Wildman–Crippen LogP) is 6.41. The number of hydrazone groups is 1. The number of nitrogens with one attached hydrogen (secondary N) is 1. The van der Waals surface area contributed by atoms with Gasteiger partial charge in [-0.15, -0.1) is 0 Å². The van der Waals surface area contributed by atoms with E-state index in [2.05, 4.69) is 27.1 Å². The Labute approximate surface area is 214 Å². The van der Waals surface area contributed by atoms with Crippen molar-refractivity contribution < 1.29 is 18.4 Å². The van der Waals surface area contributed by atoms with Crippen LogP contribution < -0.4 is 10.3 Å². The number of nitrogens with zero attached hydrogens (tertiary/aromatic N) is 3. The first kappa shape index (κ1) is 25.8. The minimum Gasteiger partial charge on any atom is -0.343 e. The fourth-order valence-electron chi connectivity index (χ4n) is 3.94. The summed E-state index contributed by atoms with van der Waals surface area (Å²) >= 11 is 0. The van der Waals surface area contributed by atoms with Crippen LogP contribution in [-0.4, -0.2) is 22.6 Å². The molecule has 0 saturated heterocycles. The third kappa shape index (κ3) is 6.09. The molecule has 1 N–H and O–H groups in total. The number of hydrogen-bond acceptors (Lipinski definition) is 3. The highest BCUT2D eigenvalue weighted by atomic mass is 19.3. The Morgan fingerprint density at radius 1 is 1.08 bits per heavy atom. The molecular formula is C29H28F2N4O2. The molecule has 0 radical (unpaired) electrons. The fraction of sp³-hybridized carbons (Fsp3) is 0.207. The van der Waals surface area contributed by atoms with E-state index in [4.69, 9.17) is 0 Å². The van der Waals surface area contributed by atoms with E-state index >= 15 is 0 Å². The molecular weight excluding hydrogens is 474 g/mol. The van der Waals surface area contributed by atoms with Crippen LogP contribution in [0.25, 0.3) is 10.9 Å². The number of hydrogen-bond donors (Lipinski definition) is 1. The lowest BCUT2D eigenvalue weighted by molar-refractivity contribution is -0.117. The highest BCUT2D eigenvalue weighted by Crippen LogP contribution is 2.29. The van der Waals surface area contributed by atoms with Gasteiger partial charge >= 0.3 is 0 Å². The van der Waals surface area contributed by atoms with Crippen LogP contribution >= 0.6 is 0 Å². The number of alkyl halides is 2. The van der Waals surface area contributed by atoms with Crippen molar-refractivity contribution in [3.63, 3.8) is 0 Å². The Morgan fingerprint density at radius 2 is 1.84 bits per heavy atom. The maximum absolute atomic E-state index is 13.6. The van der Waals surface area contributed by atoms with Gasteiger partial charge in [0.25, 0.3) is 5.92 Å². The van der Waals surface area contributed by atoms with Crippen LogP contribution in [0.5, 0.6) is 0 Å². The number of carbonyl (C=O) groups is 2. The number of aromatic nitrogens is 1. The van der Waals surface area contributed by atoms with Crippen molar-refractivity contribution >= 4 is 40.3 Å². The molecule has 0 spiro atoms. The van der Waals surface area contributed by atoms with E-state index in [0.29, 0.717) is 24.4 Å². The van der Waals surface area contributed by atoms with Crippen molar-refractivity contribution in [3.05, 3.63) is 96.2 Å². The normalized spacial score (nSPS) is 12.8. The predicted molar refractivity (Wildman–Crippen MR) is 143 cm³/mol. The van der Waals surface area contributed by atoms with Crippen LogP contribution in [0.3, 0.4) is 0 Å². The maximum atomic E-state index is 13.6. The molecule has 2 amide bonds. The van der Waals surface area contributed by atoms with E-state index in [0.717, 1.165) is 23.4 Å². The first-order chi connectivity index (χ1) is 17.7. The van der Waals surface area contributed by atoms with E-state index in [-0.39, 0.29) is 11.3 Å². The molecule has 1 atom stereocenters. The Balaban J connectivity index is 1.52. The summed E-state index contributed by atoms with van der Waals surface area (Å²) in [7, 11) is 0. The lowest BCUT2D eigenvalue weighted by atomic mass is 10.1. The van der Waals surface area contributed by atoms with Gasteiger partial charge in [-0.1, -0.05) is 48.5 Å². The van der Waals surface area contributed by atoms with Gasteiger partial charge in [0.1, 0.15) is 0 Å². The van der Waals surface area contributed by atoms with Crippen molar-refractivity contribution in [2.75, 3.05) is 10.3 Å². The van der Waals surface area contributed by atoms with Crippen molar-refractivity contribution in [2.45, 2.75) is 33.2 Å². The van der Waals surface area contributed by atoms with Crippen LogP contribution in [-0.2, 0) is 22.1 Å². The molecule has 8 heteroatoms. The third-order valence-corrected chi connectivity index (χ3v) is 6.24. The van der Waals surface area contributed by atoms with E-state index < -0.39 is 17.7 Å². The molecule has 6 nitrogen and oxygen atoms in total. The molecule has 0 aliphatic rings. The molecule has 4 aromatic rings. The minimum atomic E-state index is -3.02. The molecule has 3 aromatic carbocycles. The van der Waals surface area contributed by atoms with Crippen LogP contribution in [0.4, 0.5) is 20.2 Å². The lowest BCUT2D eigenvalue weighted by Crippen LogP contribution is -2.28. The summed E-state index contributed by atoms with van der Waals surface area (Å²) in [6.45, 7) is 4.77. The van der Waals surface area contributed by atoms with Gasteiger partial charge in [-0.25, -0.2) is 13.8 Å². The SMILES string of the molecule is C/C(=N/N(C=O)c1ccc2ccn(Cc3ccccc3)c2c1)C(C)C(=O)Nc1cccc(C(C)(F)F)c1. The topological polar surface area (TPSA) is 66.7 Å². The van der Waals surface area contributed by atoms with Gasteiger partial charge in [0.2, 0.25) is 12.3 Å². The summed E-state index contributed by atoms with van der Waals surface area (Å²) in [5.41, 5.74) is 3.11. The summed E-state index contributed by atoms with van der Waals surface area (Å²) in [5.74, 6) is -4.15. The van der Waals surface area contributed by atoms with Gasteiger partial charge < -0.3 is 9.88 Å². The highest BCUT2D eigenvalue weighted by molar-refractivity contribution is 6.08. The fourth-order valence-corrected chi connectivity index (χ4v) is 3.94. The smallest absolute Gasteiger partial charge is 0.270 e. The van der Waals surface area contributed by atoms with Crippen LogP contribution in [0.2, 0.25) is 0 Å².